The van der Waals surface area contributed by atoms with Gasteiger partial charge in [-0.3, -0.25) is 0 Å². The quantitative estimate of drug-likeness (QED) is 0.503. The summed E-state index contributed by atoms with van der Waals surface area (Å²) in [6.07, 6.45) is -0.189. The standard InChI is InChI=1S/C21H16F2N4O3S/c22-21(23)29-17-3-1-2-13(18(17)30-21)15-10-25-19-14(15)8-12(9-24-19)16-11-31-20(26-16)27-4-6-28-7-5-27/h1-3,8-11H,4-7H2,(H,24,25). The lowest BCUT2D eigenvalue weighted by atomic mass is 10.0. The molecule has 158 valence electrons. The molecule has 7 nitrogen and oxygen atoms in total. The number of hydrogen-bond acceptors (Lipinski definition) is 7. The molecule has 0 bridgehead atoms. The van der Waals surface area contributed by atoms with E-state index in [1.807, 2.05) is 11.4 Å². The van der Waals surface area contributed by atoms with Crippen molar-refractivity contribution in [2.75, 3.05) is 31.2 Å². The number of alkyl halides is 2. The van der Waals surface area contributed by atoms with E-state index in [-0.39, 0.29) is 11.5 Å². The smallest absolute Gasteiger partial charge is 0.395 e. The van der Waals surface area contributed by atoms with E-state index in [2.05, 4.69) is 19.6 Å². The number of nitrogens with one attached hydrogen (secondary N) is 1. The molecule has 1 saturated heterocycles. The molecule has 0 amide bonds. The maximum Gasteiger partial charge on any atom is 0.586 e. The lowest BCUT2D eigenvalue weighted by molar-refractivity contribution is -0.286. The number of hydrogen-bond donors (Lipinski definition) is 1. The van der Waals surface area contributed by atoms with Gasteiger partial charge in [-0.15, -0.1) is 20.1 Å². The van der Waals surface area contributed by atoms with Gasteiger partial charge >= 0.3 is 6.29 Å². The van der Waals surface area contributed by atoms with Crippen LogP contribution in [0.15, 0.2) is 42.0 Å². The summed E-state index contributed by atoms with van der Waals surface area (Å²) < 4.78 is 42.0. The molecule has 0 atom stereocenters. The van der Waals surface area contributed by atoms with Gasteiger partial charge in [-0.2, -0.15) is 0 Å². The maximum absolute atomic E-state index is 13.6. The highest BCUT2D eigenvalue weighted by molar-refractivity contribution is 7.14. The number of fused-ring (bicyclic) bond motifs is 2. The Morgan fingerprint density at radius 1 is 1.13 bits per heavy atom. The predicted octanol–water partition coefficient (Wildman–Crippen LogP) is 4.51. The number of H-pyrrole nitrogens is 1. The number of halogens is 2. The van der Waals surface area contributed by atoms with Crippen LogP contribution in [0.3, 0.4) is 0 Å². The zero-order chi connectivity index (χ0) is 21.0. The number of pyridine rings is 1. The lowest BCUT2D eigenvalue weighted by Crippen LogP contribution is -2.36. The average Bonchev–Trinajstić information content (AvgIpc) is 3.49. The van der Waals surface area contributed by atoms with Gasteiger partial charge in [0.15, 0.2) is 16.6 Å². The molecular formula is C21H16F2N4O3S. The summed E-state index contributed by atoms with van der Waals surface area (Å²) in [5.74, 6) is 0.0256. The maximum atomic E-state index is 13.6. The second-order valence-electron chi connectivity index (χ2n) is 7.24. The number of ether oxygens (including phenoxy) is 3. The third-order valence-electron chi connectivity index (χ3n) is 5.32. The van der Waals surface area contributed by atoms with Crippen LogP contribution in [0.2, 0.25) is 0 Å². The van der Waals surface area contributed by atoms with Crippen LogP contribution in [0.5, 0.6) is 11.5 Å². The Morgan fingerprint density at radius 2 is 2.00 bits per heavy atom. The SMILES string of the molecule is FC1(F)Oc2cccc(-c3c[nH]c4ncc(-c5csc(N6CCOCC6)n5)cc34)c2O1. The van der Waals surface area contributed by atoms with Crippen LogP contribution in [0.1, 0.15) is 0 Å². The van der Waals surface area contributed by atoms with Crippen LogP contribution in [0.25, 0.3) is 33.4 Å². The van der Waals surface area contributed by atoms with E-state index in [0.29, 0.717) is 30.0 Å². The Morgan fingerprint density at radius 3 is 2.87 bits per heavy atom. The molecule has 10 heteroatoms. The first-order valence-electron chi connectivity index (χ1n) is 9.72. The van der Waals surface area contributed by atoms with Crippen molar-refractivity contribution in [2.45, 2.75) is 6.29 Å². The summed E-state index contributed by atoms with van der Waals surface area (Å²) in [5, 5.41) is 3.73. The Balaban J connectivity index is 1.40. The molecule has 5 heterocycles. The van der Waals surface area contributed by atoms with E-state index in [1.165, 1.54) is 6.07 Å². The Labute approximate surface area is 179 Å². The molecule has 31 heavy (non-hydrogen) atoms. The van der Waals surface area contributed by atoms with Crippen molar-refractivity contribution in [2.24, 2.45) is 0 Å². The minimum atomic E-state index is -3.68. The van der Waals surface area contributed by atoms with Crippen molar-refractivity contribution in [3.63, 3.8) is 0 Å². The van der Waals surface area contributed by atoms with Gasteiger partial charge < -0.3 is 24.1 Å². The van der Waals surface area contributed by atoms with E-state index in [1.54, 1.807) is 35.9 Å². The summed E-state index contributed by atoms with van der Waals surface area (Å²) in [6, 6.07) is 6.79. The molecule has 0 spiro atoms. The highest BCUT2D eigenvalue weighted by atomic mass is 32.1. The molecule has 0 radical (unpaired) electrons. The van der Waals surface area contributed by atoms with Crippen LogP contribution < -0.4 is 14.4 Å². The highest BCUT2D eigenvalue weighted by Crippen LogP contribution is 2.48. The number of anilines is 1. The van der Waals surface area contributed by atoms with Gasteiger partial charge in [0, 0.05) is 52.9 Å². The summed E-state index contributed by atoms with van der Waals surface area (Å²) in [6.45, 7) is 3.03. The van der Waals surface area contributed by atoms with Crippen molar-refractivity contribution >= 4 is 27.5 Å². The van der Waals surface area contributed by atoms with Crippen molar-refractivity contribution in [3.05, 3.63) is 42.0 Å². The molecule has 0 aliphatic carbocycles. The van der Waals surface area contributed by atoms with Crippen LogP contribution >= 0.6 is 11.3 Å². The third kappa shape index (κ3) is 3.19. The van der Waals surface area contributed by atoms with E-state index in [9.17, 15) is 8.78 Å². The van der Waals surface area contributed by atoms with Gasteiger partial charge in [-0.1, -0.05) is 12.1 Å². The summed E-state index contributed by atoms with van der Waals surface area (Å²) in [4.78, 5) is 14.6. The minimum Gasteiger partial charge on any atom is -0.395 e. The van der Waals surface area contributed by atoms with Crippen LogP contribution in [-0.2, 0) is 4.74 Å². The molecule has 1 fully saturated rings. The molecule has 6 rings (SSSR count). The monoisotopic (exact) mass is 442 g/mol. The molecule has 1 aromatic carbocycles. The number of aromatic nitrogens is 3. The predicted molar refractivity (Wildman–Crippen MR) is 112 cm³/mol. The van der Waals surface area contributed by atoms with Crippen LogP contribution in [-0.4, -0.2) is 47.5 Å². The van der Waals surface area contributed by atoms with Crippen molar-refractivity contribution in [1.29, 1.82) is 0 Å². The molecule has 3 aromatic heterocycles. The second-order valence-corrected chi connectivity index (χ2v) is 8.07. The second kappa shape index (κ2) is 6.89. The molecule has 4 aromatic rings. The van der Waals surface area contributed by atoms with E-state index in [0.717, 1.165) is 34.9 Å². The topological polar surface area (TPSA) is 72.5 Å². The van der Waals surface area contributed by atoms with Crippen molar-refractivity contribution in [1.82, 2.24) is 15.0 Å². The fourth-order valence-electron chi connectivity index (χ4n) is 3.84. The molecule has 0 unspecified atom stereocenters. The molecule has 1 N–H and O–H groups in total. The Kier molecular flexibility index (Phi) is 4.12. The molecule has 2 aliphatic heterocycles. The van der Waals surface area contributed by atoms with E-state index < -0.39 is 6.29 Å². The highest BCUT2D eigenvalue weighted by Gasteiger charge is 2.44. The largest absolute Gasteiger partial charge is 0.586 e. The molecular weight excluding hydrogens is 426 g/mol. The zero-order valence-electron chi connectivity index (χ0n) is 16.1. The number of aromatic amines is 1. The first kappa shape index (κ1) is 18.5. The van der Waals surface area contributed by atoms with E-state index in [4.69, 9.17) is 14.5 Å². The van der Waals surface area contributed by atoms with Crippen molar-refractivity contribution < 1.29 is 23.0 Å². The molecule has 0 saturated carbocycles. The normalized spacial score (nSPS) is 17.4. The minimum absolute atomic E-state index is 0.00983. The van der Waals surface area contributed by atoms with Gasteiger partial charge in [0.25, 0.3) is 0 Å². The summed E-state index contributed by atoms with van der Waals surface area (Å²) in [7, 11) is 0. The number of benzene rings is 1. The Hall–Kier alpha value is -3.24. The van der Waals surface area contributed by atoms with Gasteiger partial charge in [0.1, 0.15) is 5.65 Å². The van der Waals surface area contributed by atoms with Crippen molar-refractivity contribution in [3.8, 4) is 33.9 Å². The first-order valence-corrected chi connectivity index (χ1v) is 10.6. The van der Waals surface area contributed by atoms with Gasteiger partial charge in [0.05, 0.1) is 18.9 Å². The van der Waals surface area contributed by atoms with Crippen LogP contribution in [0.4, 0.5) is 13.9 Å². The van der Waals surface area contributed by atoms with Gasteiger partial charge in [-0.05, 0) is 12.1 Å². The zero-order valence-corrected chi connectivity index (χ0v) is 16.9. The lowest BCUT2D eigenvalue weighted by Gasteiger charge is -2.26. The van der Waals surface area contributed by atoms with Gasteiger partial charge in [0.2, 0.25) is 0 Å². The first-order chi connectivity index (χ1) is 15.1. The average molecular weight is 442 g/mol. The fraction of sp³-hybridized carbons (Fsp3) is 0.238. The number of nitrogens with zero attached hydrogens (tertiary/aromatic N) is 3. The Bertz CT molecular complexity index is 1280. The van der Waals surface area contributed by atoms with Crippen LogP contribution in [0, 0.1) is 0 Å². The number of rotatable bonds is 3. The van der Waals surface area contributed by atoms with E-state index >= 15 is 0 Å². The van der Waals surface area contributed by atoms with Gasteiger partial charge in [-0.25, -0.2) is 9.97 Å². The number of thiazole rings is 1. The number of morpholine rings is 1. The molecule has 2 aliphatic rings. The number of para-hydroxylation sites is 1. The third-order valence-corrected chi connectivity index (χ3v) is 6.22. The summed E-state index contributed by atoms with van der Waals surface area (Å²) in [5.41, 5.74) is 3.51. The fourth-order valence-corrected chi connectivity index (χ4v) is 4.73. The summed E-state index contributed by atoms with van der Waals surface area (Å²) >= 11 is 1.58.